The summed E-state index contributed by atoms with van der Waals surface area (Å²) < 4.78 is 5.33. The van der Waals surface area contributed by atoms with Crippen LogP contribution < -0.4 is 0 Å². The second kappa shape index (κ2) is 5.98. The molecule has 7 heteroatoms. The molecule has 1 aliphatic rings. The second-order valence-electron chi connectivity index (χ2n) is 4.61. The van der Waals surface area contributed by atoms with Crippen LogP contribution in [0, 0.1) is 0 Å². The van der Waals surface area contributed by atoms with Gasteiger partial charge in [0.1, 0.15) is 11.5 Å². The number of carboxylic acid groups (broad SMARTS) is 1. The van der Waals surface area contributed by atoms with Crippen LogP contribution in [0.15, 0.2) is 57.6 Å². The van der Waals surface area contributed by atoms with E-state index in [2.05, 4.69) is 5.10 Å². The van der Waals surface area contributed by atoms with E-state index in [0.717, 1.165) is 17.0 Å². The molecule has 0 fully saturated rings. The van der Waals surface area contributed by atoms with E-state index in [-0.39, 0.29) is 6.04 Å². The number of hydrogen-bond acceptors (Lipinski definition) is 5. The molecule has 112 valence electrons. The number of carbonyl (C=O) groups excluding carboxylic acids is 1. The molecule has 0 aliphatic carbocycles. The summed E-state index contributed by atoms with van der Waals surface area (Å²) in [6.45, 7) is 0. The van der Waals surface area contributed by atoms with Crippen molar-refractivity contribution in [1.82, 2.24) is 5.01 Å². The summed E-state index contributed by atoms with van der Waals surface area (Å²) in [7, 11) is 0. The predicted octanol–water partition coefficient (Wildman–Crippen LogP) is 2.66. The Balaban J connectivity index is 1.90. The fourth-order valence-electron chi connectivity index (χ4n) is 2.23. The van der Waals surface area contributed by atoms with E-state index >= 15 is 0 Å². The Kier molecular flexibility index (Phi) is 3.88. The predicted molar refractivity (Wildman–Crippen MR) is 80.5 cm³/mol. The quantitative estimate of drug-likeness (QED) is 0.879. The molecule has 2 aromatic rings. The van der Waals surface area contributed by atoms with Gasteiger partial charge in [0.25, 0.3) is 5.91 Å². The molecule has 0 aromatic carbocycles. The first-order valence-electron chi connectivity index (χ1n) is 6.54. The number of amides is 1. The Labute approximate surface area is 130 Å². The Hall–Kier alpha value is -2.67. The topological polar surface area (TPSA) is 83.1 Å². The lowest BCUT2D eigenvalue weighted by Gasteiger charge is -2.18. The first kappa shape index (κ1) is 14.3. The number of aliphatic carboxylic acids is 1. The number of carbonyl (C=O) groups is 2. The van der Waals surface area contributed by atoms with E-state index < -0.39 is 11.9 Å². The first-order valence-corrected chi connectivity index (χ1v) is 7.42. The lowest BCUT2D eigenvalue weighted by Crippen LogP contribution is -2.24. The molecule has 1 atom stereocenters. The Morgan fingerprint density at radius 2 is 2.23 bits per heavy atom. The first-order chi connectivity index (χ1) is 10.6. The van der Waals surface area contributed by atoms with Gasteiger partial charge in [0.05, 0.1) is 12.3 Å². The second-order valence-corrected chi connectivity index (χ2v) is 5.59. The van der Waals surface area contributed by atoms with Gasteiger partial charge in [0.2, 0.25) is 0 Å². The summed E-state index contributed by atoms with van der Waals surface area (Å²) in [4.78, 5) is 23.8. The monoisotopic (exact) mass is 316 g/mol. The lowest BCUT2D eigenvalue weighted by molar-refractivity contribution is -0.132. The largest absolute Gasteiger partial charge is 0.478 e. The Morgan fingerprint density at radius 3 is 2.86 bits per heavy atom. The highest BCUT2D eigenvalue weighted by molar-refractivity contribution is 7.10. The van der Waals surface area contributed by atoms with Crippen LogP contribution in [0.4, 0.5) is 0 Å². The van der Waals surface area contributed by atoms with Crippen LogP contribution in [0.1, 0.15) is 23.1 Å². The molecule has 0 spiro atoms. The Morgan fingerprint density at radius 1 is 1.36 bits per heavy atom. The van der Waals surface area contributed by atoms with E-state index in [1.807, 2.05) is 17.5 Å². The molecule has 0 radical (unpaired) electrons. The van der Waals surface area contributed by atoms with Gasteiger partial charge in [-0.05, 0) is 23.6 Å². The molecule has 0 unspecified atom stereocenters. The molecule has 0 bridgehead atoms. The normalized spacial score (nSPS) is 17.9. The molecular formula is C15H12N2O4S. The van der Waals surface area contributed by atoms with E-state index in [9.17, 15) is 9.59 Å². The highest BCUT2D eigenvalue weighted by Gasteiger charge is 2.33. The molecule has 3 heterocycles. The maximum absolute atomic E-state index is 12.2. The number of thiophene rings is 1. The van der Waals surface area contributed by atoms with Crippen molar-refractivity contribution in [2.45, 2.75) is 12.5 Å². The highest BCUT2D eigenvalue weighted by Crippen LogP contribution is 2.35. The van der Waals surface area contributed by atoms with Gasteiger partial charge in [0, 0.05) is 23.5 Å². The van der Waals surface area contributed by atoms with Crippen molar-refractivity contribution in [1.29, 1.82) is 0 Å². The standard InChI is InChI=1S/C15H12N2O4S/c18-14(5-6-15(19)20)17-11(13-4-2-8-22-13)9-10(16-17)12-3-1-7-21-12/h1-8,11H,9H2,(H,19,20)/t11-/m0/s1. The zero-order valence-electron chi connectivity index (χ0n) is 11.4. The SMILES string of the molecule is O=C(O)C=CC(=O)N1N=C(c2ccco2)C[C@H]1c1cccs1. The fraction of sp³-hybridized carbons (Fsp3) is 0.133. The molecule has 2 aromatic heterocycles. The van der Waals surface area contributed by atoms with E-state index in [0.29, 0.717) is 17.9 Å². The molecule has 6 nitrogen and oxygen atoms in total. The van der Waals surface area contributed by atoms with E-state index in [1.54, 1.807) is 18.4 Å². The van der Waals surface area contributed by atoms with Gasteiger partial charge in [-0.2, -0.15) is 5.10 Å². The summed E-state index contributed by atoms with van der Waals surface area (Å²) in [6.07, 6.45) is 3.90. The van der Waals surface area contributed by atoms with Crippen LogP contribution >= 0.6 is 11.3 Å². The third kappa shape index (κ3) is 2.84. The summed E-state index contributed by atoms with van der Waals surface area (Å²) in [5.41, 5.74) is 0.667. The molecular weight excluding hydrogens is 304 g/mol. The third-order valence-corrected chi connectivity index (χ3v) is 4.16. The Bertz CT molecular complexity index is 732. The van der Waals surface area contributed by atoms with Gasteiger partial charge in [-0.25, -0.2) is 9.80 Å². The number of hydrazone groups is 1. The maximum atomic E-state index is 12.2. The molecule has 1 N–H and O–H groups in total. The van der Waals surface area contributed by atoms with Crippen molar-refractivity contribution < 1.29 is 19.1 Å². The fourth-order valence-corrected chi connectivity index (χ4v) is 3.04. The number of furan rings is 1. The number of nitrogens with zero attached hydrogens (tertiary/aromatic N) is 2. The lowest BCUT2D eigenvalue weighted by atomic mass is 10.1. The van der Waals surface area contributed by atoms with Gasteiger partial charge >= 0.3 is 5.97 Å². The van der Waals surface area contributed by atoms with Crippen LogP contribution in [-0.4, -0.2) is 27.7 Å². The van der Waals surface area contributed by atoms with Crippen molar-refractivity contribution in [2.75, 3.05) is 0 Å². The smallest absolute Gasteiger partial charge is 0.328 e. The molecule has 22 heavy (non-hydrogen) atoms. The summed E-state index contributed by atoms with van der Waals surface area (Å²) in [5, 5.41) is 16.2. The minimum atomic E-state index is -1.17. The van der Waals surface area contributed by atoms with Crippen LogP contribution in [0.25, 0.3) is 0 Å². The maximum Gasteiger partial charge on any atom is 0.328 e. The van der Waals surface area contributed by atoms with Crippen LogP contribution in [0.5, 0.6) is 0 Å². The number of carboxylic acids is 1. The van der Waals surface area contributed by atoms with E-state index in [1.165, 1.54) is 16.3 Å². The van der Waals surface area contributed by atoms with Gasteiger partial charge in [0.15, 0.2) is 0 Å². The zero-order valence-corrected chi connectivity index (χ0v) is 12.2. The van der Waals surface area contributed by atoms with Gasteiger partial charge < -0.3 is 9.52 Å². The van der Waals surface area contributed by atoms with Crippen molar-refractivity contribution in [3.8, 4) is 0 Å². The molecule has 1 aliphatic heterocycles. The minimum Gasteiger partial charge on any atom is -0.478 e. The van der Waals surface area contributed by atoms with Crippen LogP contribution in [-0.2, 0) is 9.59 Å². The molecule has 0 saturated heterocycles. The molecule has 1 amide bonds. The van der Waals surface area contributed by atoms with Gasteiger partial charge in [-0.15, -0.1) is 11.3 Å². The number of hydrogen-bond donors (Lipinski definition) is 1. The van der Waals surface area contributed by atoms with Gasteiger partial charge in [-0.3, -0.25) is 4.79 Å². The third-order valence-electron chi connectivity index (χ3n) is 3.18. The summed E-state index contributed by atoms with van der Waals surface area (Å²) in [6, 6.07) is 7.13. The minimum absolute atomic E-state index is 0.244. The van der Waals surface area contributed by atoms with Crippen LogP contribution in [0.3, 0.4) is 0 Å². The van der Waals surface area contributed by atoms with Gasteiger partial charge in [-0.1, -0.05) is 6.07 Å². The van der Waals surface area contributed by atoms with E-state index in [4.69, 9.17) is 9.52 Å². The summed E-state index contributed by atoms with van der Waals surface area (Å²) in [5.74, 6) is -1.03. The average molecular weight is 316 g/mol. The number of rotatable bonds is 4. The highest BCUT2D eigenvalue weighted by atomic mass is 32.1. The van der Waals surface area contributed by atoms with Crippen molar-refractivity contribution >= 4 is 28.9 Å². The van der Waals surface area contributed by atoms with Crippen LogP contribution in [0.2, 0.25) is 0 Å². The van der Waals surface area contributed by atoms with Crippen molar-refractivity contribution in [2.24, 2.45) is 5.10 Å². The summed E-state index contributed by atoms with van der Waals surface area (Å²) >= 11 is 1.53. The molecule has 3 rings (SSSR count). The average Bonchev–Trinajstić information content (AvgIpc) is 3.23. The van der Waals surface area contributed by atoms with Crippen molar-refractivity contribution in [3.63, 3.8) is 0 Å². The zero-order chi connectivity index (χ0) is 15.5. The van der Waals surface area contributed by atoms with Crippen molar-refractivity contribution in [3.05, 3.63) is 58.7 Å². The molecule has 0 saturated carbocycles.